The summed E-state index contributed by atoms with van der Waals surface area (Å²) in [6.07, 6.45) is 4.99. The van der Waals surface area contributed by atoms with Crippen LogP contribution in [0.2, 0.25) is 0 Å². The minimum absolute atomic E-state index is 0. The molecule has 0 saturated carbocycles. The summed E-state index contributed by atoms with van der Waals surface area (Å²) in [6.45, 7) is 7.21. The van der Waals surface area contributed by atoms with Crippen LogP contribution in [0, 0.1) is 6.92 Å². The van der Waals surface area contributed by atoms with Crippen LogP contribution >= 0.6 is 35.3 Å². The largest absolute Gasteiger partial charge is 0.356 e. The quantitative estimate of drug-likeness (QED) is 0.335. The summed E-state index contributed by atoms with van der Waals surface area (Å²) in [5.74, 6) is 0.833. The molecule has 0 aliphatic carbocycles. The summed E-state index contributed by atoms with van der Waals surface area (Å²) in [5, 5.41) is 9.99. The third kappa shape index (κ3) is 7.67. The van der Waals surface area contributed by atoms with Gasteiger partial charge < -0.3 is 10.6 Å². The molecule has 2 aromatic rings. The van der Waals surface area contributed by atoms with Gasteiger partial charge in [0.25, 0.3) is 0 Å². The van der Waals surface area contributed by atoms with Crippen molar-refractivity contribution in [1.82, 2.24) is 20.5 Å². The lowest BCUT2D eigenvalue weighted by Crippen LogP contribution is -2.37. The first-order valence-corrected chi connectivity index (χ1v) is 10.8. The van der Waals surface area contributed by atoms with Crippen LogP contribution in [0.15, 0.2) is 34.6 Å². The van der Waals surface area contributed by atoms with Gasteiger partial charge in [-0.25, -0.2) is 4.98 Å². The topological polar surface area (TPSA) is 52.6 Å². The van der Waals surface area contributed by atoms with Crippen LogP contribution in [-0.2, 0) is 19.5 Å². The van der Waals surface area contributed by atoms with Crippen molar-refractivity contribution < 1.29 is 0 Å². The Morgan fingerprint density at radius 1 is 1.11 bits per heavy atom. The predicted molar refractivity (Wildman–Crippen MR) is 130 cm³/mol. The third-order valence-electron chi connectivity index (χ3n) is 4.90. The number of aliphatic imine (C=N–C) groups is 1. The average molecular weight is 513 g/mol. The van der Waals surface area contributed by atoms with Crippen LogP contribution < -0.4 is 10.6 Å². The number of thiazole rings is 1. The van der Waals surface area contributed by atoms with Crippen molar-refractivity contribution in [3.63, 3.8) is 0 Å². The van der Waals surface area contributed by atoms with E-state index in [1.54, 1.807) is 11.3 Å². The zero-order valence-corrected chi connectivity index (χ0v) is 20.1. The third-order valence-corrected chi connectivity index (χ3v) is 5.72. The van der Waals surface area contributed by atoms with Crippen molar-refractivity contribution in [1.29, 1.82) is 0 Å². The number of nitrogens with one attached hydrogen (secondary N) is 2. The summed E-state index contributed by atoms with van der Waals surface area (Å²) in [4.78, 5) is 11.4. The van der Waals surface area contributed by atoms with Gasteiger partial charge in [0, 0.05) is 38.5 Å². The number of rotatable bonds is 7. The first kappa shape index (κ1) is 23.1. The Balaban J connectivity index is 0.00000280. The van der Waals surface area contributed by atoms with E-state index in [1.807, 2.05) is 14.0 Å². The number of halogens is 1. The number of guanidine groups is 1. The maximum absolute atomic E-state index is 4.49. The highest BCUT2D eigenvalue weighted by molar-refractivity contribution is 14.0. The zero-order chi connectivity index (χ0) is 18.9. The van der Waals surface area contributed by atoms with Gasteiger partial charge in [0.05, 0.1) is 10.7 Å². The molecule has 7 heteroatoms. The molecule has 1 saturated heterocycles. The van der Waals surface area contributed by atoms with Crippen LogP contribution in [0.1, 0.15) is 41.1 Å². The van der Waals surface area contributed by atoms with E-state index in [4.69, 9.17) is 0 Å². The minimum atomic E-state index is 0. The fourth-order valence-corrected chi connectivity index (χ4v) is 4.02. The molecule has 1 aromatic heterocycles. The number of aryl methyl sites for hydroxylation is 1. The predicted octanol–water partition coefficient (Wildman–Crippen LogP) is 3.96. The molecule has 2 heterocycles. The fraction of sp³-hybridized carbons (Fsp3) is 0.524. The molecule has 0 atom stereocenters. The molecule has 28 heavy (non-hydrogen) atoms. The lowest BCUT2D eigenvalue weighted by molar-refractivity contribution is 0.221. The summed E-state index contributed by atoms with van der Waals surface area (Å²) in [7, 11) is 1.81. The molecule has 1 aromatic carbocycles. The Morgan fingerprint density at radius 2 is 1.82 bits per heavy atom. The Labute approximate surface area is 190 Å². The van der Waals surface area contributed by atoms with Crippen LogP contribution in [0.5, 0.6) is 0 Å². The van der Waals surface area contributed by atoms with Crippen molar-refractivity contribution in [3.05, 3.63) is 51.5 Å². The van der Waals surface area contributed by atoms with Crippen LogP contribution in [0.4, 0.5) is 0 Å². The molecule has 1 fully saturated rings. The molecule has 2 N–H and O–H groups in total. The summed E-state index contributed by atoms with van der Waals surface area (Å²) < 4.78 is 0. The van der Waals surface area contributed by atoms with Gasteiger partial charge in [-0.2, -0.15) is 0 Å². The first-order valence-electron chi connectivity index (χ1n) is 9.88. The van der Waals surface area contributed by atoms with Crippen molar-refractivity contribution in [3.8, 4) is 0 Å². The SMILES string of the molecule is CN=C(NCCc1csc(C)n1)NCc1ccc(CN2CCCCC2)cc1.I. The molecular weight excluding hydrogens is 481 g/mol. The van der Waals surface area contributed by atoms with Crippen LogP contribution in [-0.4, -0.2) is 42.5 Å². The summed E-state index contributed by atoms with van der Waals surface area (Å²) in [5.41, 5.74) is 3.82. The first-order chi connectivity index (χ1) is 13.2. The molecule has 3 rings (SSSR count). The fourth-order valence-electron chi connectivity index (χ4n) is 3.38. The molecule has 0 unspecified atom stereocenters. The van der Waals surface area contributed by atoms with Gasteiger partial charge >= 0.3 is 0 Å². The smallest absolute Gasteiger partial charge is 0.191 e. The zero-order valence-electron chi connectivity index (χ0n) is 16.9. The van der Waals surface area contributed by atoms with Crippen molar-refractivity contribution >= 4 is 41.3 Å². The number of aromatic nitrogens is 1. The Morgan fingerprint density at radius 3 is 2.46 bits per heavy atom. The minimum Gasteiger partial charge on any atom is -0.356 e. The van der Waals surface area contributed by atoms with E-state index >= 15 is 0 Å². The molecular formula is C21H32IN5S. The van der Waals surface area contributed by atoms with Gasteiger partial charge in [0.2, 0.25) is 0 Å². The standard InChI is InChI=1S/C21H31N5S.HI/c1-17-25-20(16-27-17)10-11-23-21(22-2)24-14-18-6-8-19(9-7-18)15-26-12-4-3-5-13-26;/h6-9,16H,3-5,10-15H2,1-2H3,(H2,22,23,24);1H. The van der Waals surface area contributed by atoms with E-state index in [1.165, 1.54) is 43.5 Å². The molecule has 1 aliphatic heterocycles. The van der Waals surface area contributed by atoms with Gasteiger partial charge in [0.1, 0.15) is 0 Å². The molecule has 0 amide bonds. The maximum Gasteiger partial charge on any atom is 0.191 e. The van der Waals surface area contributed by atoms with Gasteiger partial charge in [-0.3, -0.25) is 9.89 Å². The number of nitrogens with zero attached hydrogens (tertiary/aromatic N) is 3. The number of piperidine rings is 1. The molecule has 0 spiro atoms. The van der Waals surface area contributed by atoms with Crippen molar-refractivity contribution in [2.24, 2.45) is 4.99 Å². The highest BCUT2D eigenvalue weighted by Crippen LogP contribution is 2.13. The van der Waals surface area contributed by atoms with E-state index in [2.05, 4.69) is 55.2 Å². The second kappa shape index (κ2) is 12.4. The van der Waals surface area contributed by atoms with Gasteiger partial charge in [-0.05, 0) is 44.0 Å². The van der Waals surface area contributed by atoms with Gasteiger partial charge in [-0.15, -0.1) is 35.3 Å². The second-order valence-corrected chi connectivity index (χ2v) is 8.18. The molecule has 0 bridgehead atoms. The molecule has 154 valence electrons. The van der Waals surface area contributed by atoms with Gasteiger partial charge in [0.15, 0.2) is 5.96 Å². The second-order valence-electron chi connectivity index (χ2n) is 7.11. The Kier molecular flexibility index (Phi) is 10.2. The molecule has 1 aliphatic rings. The van der Waals surface area contributed by atoms with Crippen molar-refractivity contribution in [2.75, 3.05) is 26.7 Å². The van der Waals surface area contributed by atoms with Crippen LogP contribution in [0.3, 0.4) is 0 Å². The summed E-state index contributed by atoms with van der Waals surface area (Å²) >= 11 is 1.70. The number of benzene rings is 1. The van der Waals surface area contributed by atoms with Gasteiger partial charge in [-0.1, -0.05) is 30.7 Å². The number of likely N-dealkylation sites (tertiary alicyclic amines) is 1. The maximum atomic E-state index is 4.49. The highest BCUT2D eigenvalue weighted by atomic mass is 127. The van der Waals surface area contributed by atoms with E-state index < -0.39 is 0 Å². The van der Waals surface area contributed by atoms with E-state index in [-0.39, 0.29) is 24.0 Å². The normalized spacial score (nSPS) is 15.1. The van der Waals surface area contributed by atoms with E-state index in [9.17, 15) is 0 Å². The summed E-state index contributed by atoms with van der Waals surface area (Å²) in [6, 6.07) is 8.95. The molecule has 0 radical (unpaired) electrons. The highest BCUT2D eigenvalue weighted by Gasteiger charge is 2.10. The number of hydrogen-bond donors (Lipinski definition) is 2. The van der Waals surface area contributed by atoms with E-state index in [0.717, 1.165) is 42.7 Å². The van der Waals surface area contributed by atoms with E-state index in [0.29, 0.717) is 0 Å². The monoisotopic (exact) mass is 513 g/mol. The number of hydrogen-bond acceptors (Lipinski definition) is 4. The van der Waals surface area contributed by atoms with Crippen LogP contribution in [0.25, 0.3) is 0 Å². The Bertz CT molecular complexity index is 723. The molecule has 5 nitrogen and oxygen atoms in total. The average Bonchev–Trinajstić information content (AvgIpc) is 3.11. The lowest BCUT2D eigenvalue weighted by atomic mass is 10.1. The Hall–Kier alpha value is -1.19. The van der Waals surface area contributed by atoms with Crippen molar-refractivity contribution in [2.45, 2.75) is 45.7 Å². The lowest BCUT2D eigenvalue weighted by Gasteiger charge is -2.26.